The largest absolute Gasteiger partial charge is 0.461 e. The summed E-state index contributed by atoms with van der Waals surface area (Å²) in [6, 6.07) is 3.82. The molecule has 9 nitrogen and oxygen atoms in total. The first kappa shape index (κ1) is 27.0. The third-order valence-corrected chi connectivity index (χ3v) is 9.43. The number of hydrogen-bond donors (Lipinski definition) is 1. The Kier molecular flexibility index (Phi) is 6.91. The van der Waals surface area contributed by atoms with Crippen LogP contribution in [0.1, 0.15) is 59.3 Å². The molecule has 1 amide bonds. The van der Waals surface area contributed by atoms with Crippen molar-refractivity contribution in [2.75, 3.05) is 37.7 Å². The van der Waals surface area contributed by atoms with Gasteiger partial charge in [-0.05, 0) is 93.9 Å². The molecule has 0 radical (unpaired) electrons. The SMILES string of the molecule is CC(C)(C)OC(=O)N1[C@@H]2CC[C@H]1CN(c1nc(OCC34CCCN3C(CO)CC4)nc3c(F)c(Br)ccc13)C2. The number of hydrogen-bond acceptors (Lipinski definition) is 8. The Morgan fingerprint density at radius 3 is 2.62 bits per heavy atom. The zero-order chi connectivity index (χ0) is 27.5. The lowest BCUT2D eigenvalue weighted by Gasteiger charge is -2.42. The molecule has 2 unspecified atom stereocenters. The Morgan fingerprint density at radius 2 is 1.92 bits per heavy atom. The van der Waals surface area contributed by atoms with Crippen LogP contribution in [0.15, 0.2) is 16.6 Å². The first-order chi connectivity index (χ1) is 18.6. The molecule has 4 aliphatic heterocycles. The van der Waals surface area contributed by atoms with Crippen LogP contribution in [0.25, 0.3) is 10.9 Å². The van der Waals surface area contributed by atoms with Crippen LogP contribution in [0.4, 0.5) is 15.0 Å². The molecule has 4 fully saturated rings. The maximum atomic E-state index is 15.4. The topological polar surface area (TPSA) is 91.3 Å². The highest BCUT2D eigenvalue weighted by molar-refractivity contribution is 9.10. The van der Waals surface area contributed by atoms with E-state index in [4.69, 9.17) is 14.5 Å². The van der Waals surface area contributed by atoms with Crippen LogP contribution in [-0.4, -0.2) is 93.1 Å². The minimum atomic E-state index is -0.557. The van der Waals surface area contributed by atoms with Gasteiger partial charge in [0.15, 0.2) is 5.82 Å². The molecule has 4 aliphatic rings. The van der Waals surface area contributed by atoms with Gasteiger partial charge in [-0.25, -0.2) is 9.18 Å². The first-order valence-electron chi connectivity index (χ1n) is 14.0. The number of carbonyl (C=O) groups excluding carboxylic acids is 1. The average Bonchev–Trinajstić information content (AvgIpc) is 3.53. The lowest BCUT2D eigenvalue weighted by molar-refractivity contribution is 0.0122. The van der Waals surface area contributed by atoms with E-state index < -0.39 is 11.4 Å². The number of amides is 1. The first-order valence-corrected chi connectivity index (χ1v) is 14.8. The van der Waals surface area contributed by atoms with Crippen molar-refractivity contribution in [1.29, 1.82) is 0 Å². The highest BCUT2D eigenvalue weighted by atomic mass is 79.9. The van der Waals surface area contributed by atoms with Gasteiger partial charge in [0.1, 0.15) is 23.5 Å². The van der Waals surface area contributed by atoms with Gasteiger partial charge >= 0.3 is 12.1 Å². The van der Waals surface area contributed by atoms with Crippen LogP contribution in [-0.2, 0) is 4.74 Å². The molecule has 2 bridgehead atoms. The summed E-state index contributed by atoms with van der Waals surface area (Å²) in [5.74, 6) is 0.181. The molecule has 4 atom stereocenters. The van der Waals surface area contributed by atoms with Crippen LogP contribution in [0, 0.1) is 5.82 Å². The Labute approximate surface area is 236 Å². The van der Waals surface area contributed by atoms with Gasteiger partial charge in [0.2, 0.25) is 0 Å². The molecule has 1 N–H and O–H groups in total. The summed E-state index contributed by atoms with van der Waals surface area (Å²) in [5.41, 5.74) is -0.481. The Hall–Kier alpha value is -2.24. The number of aromatic nitrogens is 2. The second-order valence-electron chi connectivity index (χ2n) is 12.4. The number of carbonyl (C=O) groups is 1. The van der Waals surface area contributed by atoms with Crippen molar-refractivity contribution in [3.8, 4) is 6.01 Å². The standard InChI is InChI=1S/C28H37BrFN5O4/c1-27(2,3)39-26(37)35-17-5-6-18(35)14-33(13-17)24-20-7-8-21(29)22(30)23(20)31-25(32-24)38-16-28-10-4-12-34(28)19(15-36)9-11-28/h7-8,17-19,36H,4-6,9-16H2,1-3H3/t17-,18+,19?,28?. The van der Waals surface area contributed by atoms with E-state index in [-0.39, 0.29) is 47.9 Å². The summed E-state index contributed by atoms with van der Waals surface area (Å²) in [4.78, 5) is 28.7. The maximum Gasteiger partial charge on any atom is 0.410 e. The predicted octanol–water partition coefficient (Wildman–Crippen LogP) is 4.49. The fourth-order valence-corrected chi connectivity index (χ4v) is 7.42. The number of anilines is 1. The fourth-order valence-electron chi connectivity index (χ4n) is 7.10. The molecule has 212 valence electrons. The summed E-state index contributed by atoms with van der Waals surface area (Å²) in [6.07, 6.45) is 5.45. The van der Waals surface area contributed by atoms with Crippen LogP contribution >= 0.6 is 15.9 Å². The van der Waals surface area contributed by atoms with E-state index >= 15 is 4.39 Å². The summed E-state index contributed by atoms with van der Waals surface area (Å²) in [5, 5.41) is 10.5. The summed E-state index contributed by atoms with van der Waals surface area (Å²) < 4.78 is 27.6. The number of benzene rings is 1. The highest BCUT2D eigenvalue weighted by Crippen LogP contribution is 2.43. The molecule has 0 spiro atoms. The lowest BCUT2D eigenvalue weighted by atomic mass is 9.95. The molecule has 6 rings (SSSR count). The molecule has 39 heavy (non-hydrogen) atoms. The molecule has 11 heteroatoms. The normalized spacial score (nSPS) is 28.8. The Balaban J connectivity index is 1.29. The van der Waals surface area contributed by atoms with Gasteiger partial charge in [-0.3, -0.25) is 9.80 Å². The van der Waals surface area contributed by atoms with Crippen molar-refractivity contribution in [2.24, 2.45) is 0 Å². The molecule has 0 aliphatic carbocycles. The van der Waals surface area contributed by atoms with Crippen LogP contribution in [0.2, 0.25) is 0 Å². The number of halogens is 2. The van der Waals surface area contributed by atoms with Crippen molar-refractivity contribution in [3.05, 3.63) is 22.4 Å². The molecule has 2 aromatic rings. The van der Waals surface area contributed by atoms with Gasteiger partial charge in [-0.1, -0.05) is 0 Å². The lowest BCUT2D eigenvalue weighted by Crippen LogP contribution is -2.57. The average molecular weight is 607 g/mol. The van der Waals surface area contributed by atoms with Gasteiger partial charge in [0.05, 0.1) is 28.7 Å². The number of piperazine rings is 1. The predicted molar refractivity (Wildman–Crippen MR) is 149 cm³/mol. The number of aliphatic hydroxyl groups excluding tert-OH is 1. The minimum Gasteiger partial charge on any atom is -0.461 e. The quantitative estimate of drug-likeness (QED) is 0.533. The van der Waals surface area contributed by atoms with Crippen molar-refractivity contribution in [2.45, 2.75) is 88.6 Å². The molecular formula is C28H37BrFN5O4. The van der Waals surface area contributed by atoms with Crippen LogP contribution in [0.3, 0.4) is 0 Å². The number of ether oxygens (including phenoxy) is 2. The highest BCUT2D eigenvalue weighted by Gasteiger charge is 2.50. The molecule has 5 heterocycles. The smallest absolute Gasteiger partial charge is 0.410 e. The van der Waals surface area contributed by atoms with Gasteiger partial charge < -0.3 is 19.5 Å². The van der Waals surface area contributed by atoms with E-state index in [2.05, 4.69) is 30.7 Å². The van der Waals surface area contributed by atoms with E-state index in [9.17, 15) is 9.90 Å². The minimum absolute atomic E-state index is 0.00637. The second-order valence-corrected chi connectivity index (χ2v) is 13.3. The summed E-state index contributed by atoms with van der Waals surface area (Å²) in [6.45, 7) is 8.30. The van der Waals surface area contributed by atoms with Crippen molar-refractivity contribution in [3.63, 3.8) is 0 Å². The number of fused-ring (bicyclic) bond motifs is 4. The van der Waals surface area contributed by atoms with Crippen molar-refractivity contribution >= 4 is 38.7 Å². The van der Waals surface area contributed by atoms with E-state index in [1.807, 2.05) is 31.7 Å². The Bertz CT molecular complexity index is 1260. The van der Waals surface area contributed by atoms with Gasteiger partial charge in [0.25, 0.3) is 0 Å². The van der Waals surface area contributed by atoms with E-state index in [1.54, 1.807) is 6.07 Å². The Morgan fingerprint density at radius 1 is 1.18 bits per heavy atom. The van der Waals surface area contributed by atoms with E-state index in [0.29, 0.717) is 35.4 Å². The second kappa shape index (κ2) is 9.99. The van der Waals surface area contributed by atoms with Gasteiger partial charge in [-0.2, -0.15) is 9.97 Å². The fraction of sp³-hybridized carbons (Fsp3) is 0.679. The van der Waals surface area contributed by atoms with Crippen LogP contribution in [0.5, 0.6) is 6.01 Å². The van der Waals surface area contributed by atoms with Crippen LogP contribution < -0.4 is 9.64 Å². The van der Waals surface area contributed by atoms with Crippen molar-refractivity contribution in [1.82, 2.24) is 19.8 Å². The van der Waals surface area contributed by atoms with Crippen molar-refractivity contribution < 1.29 is 23.8 Å². The summed E-state index contributed by atoms with van der Waals surface area (Å²) in [7, 11) is 0. The van der Waals surface area contributed by atoms with E-state index in [0.717, 1.165) is 45.1 Å². The van der Waals surface area contributed by atoms with Gasteiger partial charge in [-0.15, -0.1) is 0 Å². The van der Waals surface area contributed by atoms with E-state index in [1.165, 1.54) is 0 Å². The zero-order valence-corrected chi connectivity index (χ0v) is 24.4. The summed E-state index contributed by atoms with van der Waals surface area (Å²) >= 11 is 3.30. The molecular weight excluding hydrogens is 569 g/mol. The number of rotatable bonds is 5. The maximum absolute atomic E-state index is 15.4. The number of nitrogens with zero attached hydrogens (tertiary/aromatic N) is 5. The van der Waals surface area contributed by atoms with Gasteiger partial charge in [0, 0.05) is 24.5 Å². The molecule has 1 aromatic carbocycles. The monoisotopic (exact) mass is 605 g/mol. The number of aliphatic hydroxyl groups is 1. The molecule has 0 saturated carbocycles. The molecule has 1 aromatic heterocycles. The zero-order valence-electron chi connectivity index (χ0n) is 22.8. The molecule has 4 saturated heterocycles. The third-order valence-electron chi connectivity index (χ3n) is 8.82. The third kappa shape index (κ3) is 4.84.